The molecule has 150 valence electrons. The van der Waals surface area contributed by atoms with E-state index in [2.05, 4.69) is 14.6 Å². The lowest BCUT2D eigenvalue weighted by Crippen LogP contribution is -2.42. The second-order valence-electron chi connectivity index (χ2n) is 7.66. The number of nitrogens with one attached hydrogen (secondary N) is 1. The number of alkyl halides is 3. The summed E-state index contributed by atoms with van der Waals surface area (Å²) >= 11 is 1.29. The lowest BCUT2D eigenvalue weighted by molar-refractivity contribution is -0.137. The van der Waals surface area contributed by atoms with Crippen LogP contribution in [0.4, 0.5) is 24.5 Å². The lowest BCUT2D eigenvalue weighted by atomic mass is 9.75. The molecule has 2 atom stereocenters. The fourth-order valence-corrected chi connectivity index (χ4v) is 5.06. The van der Waals surface area contributed by atoms with Crippen LogP contribution in [-0.2, 0) is 6.18 Å². The first-order valence-corrected chi connectivity index (χ1v) is 10.6. The Labute approximate surface area is 167 Å². The normalized spacial score (nSPS) is 22.6. The first-order valence-electron chi connectivity index (χ1n) is 9.80. The van der Waals surface area contributed by atoms with E-state index in [1.165, 1.54) is 49.8 Å². The monoisotopic (exact) mass is 407 g/mol. The van der Waals surface area contributed by atoms with E-state index in [1.807, 2.05) is 12.1 Å². The van der Waals surface area contributed by atoms with Gasteiger partial charge in [-0.2, -0.15) is 13.2 Å². The van der Waals surface area contributed by atoms with Crippen LogP contribution < -0.4 is 9.62 Å². The summed E-state index contributed by atoms with van der Waals surface area (Å²) in [6, 6.07) is 7.74. The molecule has 2 unspecified atom stereocenters. The summed E-state index contributed by atoms with van der Waals surface area (Å²) in [6.07, 6.45) is 5.25. The van der Waals surface area contributed by atoms with Crippen LogP contribution in [0, 0.1) is 11.8 Å². The molecule has 2 aliphatic rings. The van der Waals surface area contributed by atoms with E-state index in [9.17, 15) is 13.2 Å². The molecule has 2 fully saturated rings. The average molecular weight is 408 g/mol. The molecule has 0 radical (unpaired) electrons. The summed E-state index contributed by atoms with van der Waals surface area (Å²) in [5.74, 6) is 1.43. The Morgan fingerprint density at radius 2 is 1.89 bits per heavy atom. The molecule has 1 saturated heterocycles. The van der Waals surface area contributed by atoms with Gasteiger partial charge in [0, 0.05) is 30.4 Å². The second kappa shape index (κ2) is 8.23. The maximum absolute atomic E-state index is 13.3. The van der Waals surface area contributed by atoms with Gasteiger partial charge in [0.2, 0.25) is 0 Å². The Bertz CT molecular complexity index is 797. The predicted molar refractivity (Wildman–Crippen MR) is 107 cm³/mol. The summed E-state index contributed by atoms with van der Waals surface area (Å²) in [5, 5.41) is 0. The largest absolute Gasteiger partial charge is 0.416 e. The maximum Gasteiger partial charge on any atom is 0.416 e. The third-order valence-electron chi connectivity index (χ3n) is 5.87. The average Bonchev–Trinajstić information content (AvgIpc) is 2.72. The zero-order chi connectivity index (χ0) is 19.6. The molecule has 0 bridgehead atoms. The van der Waals surface area contributed by atoms with E-state index in [-0.39, 0.29) is 0 Å². The van der Waals surface area contributed by atoms with E-state index in [1.54, 1.807) is 18.5 Å². The highest BCUT2D eigenvalue weighted by Gasteiger charge is 2.34. The second-order valence-corrected chi connectivity index (χ2v) is 8.54. The van der Waals surface area contributed by atoms with Crippen LogP contribution in [0.15, 0.2) is 47.6 Å². The Morgan fingerprint density at radius 3 is 2.64 bits per heavy atom. The molecule has 1 aliphatic heterocycles. The van der Waals surface area contributed by atoms with Crippen molar-refractivity contribution in [2.45, 2.75) is 43.2 Å². The first-order chi connectivity index (χ1) is 13.5. The highest BCUT2D eigenvalue weighted by atomic mass is 32.2. The standard InChI is InChI=1S/C21H24F3N3S/c22-21(23,24)17-7-8-20(19(12-17)26-28-18-6-3-10-25-13-18)27-11-9-15-4-1-2-5-16(15)14-27/h3,6-8,10,12-13,15-16,26H,1-2,4-5,9,11,14H2. The van der Waals surface area contributed by atoms with Crippen molar-refractivity contribution in [1.29, 1.82) is 0 Å². The lowest BCUT2D eigenvalue weighted by Gasteiger charge is -2.42. The van der Waals surface area contributed by atoms with Gasteiger partial charge in [0.25, 0.3) is 0 Å². The van der Waals surface area contributed by atoms with Crippen molar-refractivity contribution in [2.24, 2.45) is 11.8 Å². The third kappa shape index (κ3) is 4.40. The van der Waals surface area contributed by atoms with Gasteiger partial charge < -0.3 is 9.62 Å². The van der Waals surface area contributed by atoms with Crippen molar-refractivity contribution < 1.29 is 13.2 Å². The smallest absolute Gasteiger partial charge is 0.370 e. The van der Waals surface area contributed by atoms with Gasteiger partial charge >= 0.3 is 6.18 Å². The van der Waals surface area contributed by atoms with Crippen molar-refractivity contribution in [3.05, 3.63) is 48.3 Å². The highest BCUT2D eigenvalue weighted by molar-refractivity contribution is 8.00. The Balaban J connectivity index is 1.58. The van der Waals surface area contributed by atoms with Gasteiger partial charge in [0.15, 0.2) is 0 Å². The van der Waals surface area contributed by atoms with Gasteiger partial charge in [-0.15, -0.1) is 0 Å². The van der Waals surface area contributed by atoms with Crippen LogP contribution in [0.1, 0.15) is 37.7 Å². The predicted octanol–water partition coefficient (Wildman–Crippen LogP) is 6.24. The number of fused-ring (bicyclic) bond motifs is 1. The van der Waals surface area contributed by atoms with Crippen LogP contribution in [0.2, 0.25) is 0 Å². The van der Waals surface area contributed by atoms with Crippen molar-refractivity contribution >= 4 is 23.3 Å². The zero-order valence-corrected chi connectivity index (χ0v) is 16.4. The molecule has 3 nitrogen and oxygen atoms in total. The Morgan fingerprint density at radius 1 is 1.07 bits per heavy atom. The molecule has 2 heterocycles. The van der Waals surface area contributed by atoms with Crippen LogP contribution in [0.3, 0.4) is 0 Å². The number of anilines is 2. The van der Waals surface area contributed by atoms with E-state index < -0.39 is 11.7 Å². The fraction of sp³-hybridized carbons (Fsp3) is 0.476. The number of hydrogen-bond acceptors (Lipinski definition) is 4. The summed E-state index contributed by atoms with van der Waals surface area (Å²) < 4.78 is 43.0. The minimum absolute atomic E-state index is 0.512. The molecule has 7 heteroatoms. The number of pyridine rings is 1. The topological polar surface area (TPSA) is 28.2 Å². The first kappa shape index (κ1) is 19.4. The fourth-order valence-electron chi connectivity index (χ4n) is 4.41. The molecule has 1 aliphatic carbocycles. The number of hydrogen-bond donors (Lipinski definition) is 1. The molecule has 1 aromatic heterocycles. The van der Waals surface area contributed by atoms with Gasteiger partial charge in [-0.3, -0.25) is 4.98 Å². The minimum Gasteiger partial charge on any atom is -0.370 e. The van der Waals surface area contributed by atoms with Crippen molar-refractivity contribution in [3.8, 4) is 0 Å². The summed E-state index contributed by atoms with van der Waals surface area (Å²) in [4.78, 5) is 7.18. The molecule has 1 N–H and O–H groups in total. The highest BCUT2D eigenvalue weighted by Crippen LogP contribution is 2.41. The Kier molecular flexibility index (Phi) is 5.71. The summed E-state index contributed by atoms with van der Waals surface area (Å²) in [6.45, 7) is 1.83. The number of piperidine rings is 1. The van der Waals surface area contributed by atoms with Gasteiger partial charge in [-0.1, -0.05) is 19.3 Å². The van der Waals surface area contributed by atoms with Crippen LogP contribution in [-0.4, -0.2) is 18.1 Å². The number of nitrogens with zero attached hydrogens (tertiary/aromatic N) is 2. The molecular formula is C21H24F3N3S. The van der Waals surface area contributed by atoms with Gasteiger partial charge in [0.1, 0.15) is 0 Å². The number of rotatable bonds is 4. The van der Waals surface area contributed by atoms with E-state index >= 15 is 0 Å². The number of aromatic nitrogens is 1. The van der Waals surface area contributed by atoms with Crippen LogP contribution >= 0.6 is 11.9 Å². The molecule has 0 spiro atoms. The van der Waals surface area contributed by atoms with E-state index in [4.69, 9.17) is 0 Å². The maximum atomic E-state index is 13.3. The van der Waals surface area contributed by atoms with Gasteiger partial charge in [-0.05, 0) is 67.0 Å². The van der Waals surface area contributed by atoms with Crippen LogP contribution in [0.25, 0.3) is 0 Å². The van der Waals surface area contributed by atoms with Crippen molar-refractivity contribution in [3.63, 3.8) is 0 Å². The summed E-state index contributed by atoms with van der Waals surface area (Å²) in [7, 11) is 0. The summed E-state index contributed by atoms with van der Waals surface area (Å²) in [5.41, 5.74) is 0.740. The van der Waals surface area contributed by atoms with Gasteiger partial charge in [-0.25, -0.2) is 0 Å². The van der Waals surface area contributed by atoms with E-state index in [0.29, 0.717) is 11.6 Å². The molecule has 2 aromatic rings. The number of benzene rings is 1. The van der Waals surface area contributed by atoms with Crippen molar-refractivity contribution in [2.75, 3.05) is 22.7 Å². The van der Waals surface area contributed by atoms with E-state index in [0.717, 1.165) is 36.0 Å². The molecule has 1 aromatic carbocycles. The third-order valence-corrected chi connectivity index (χ3v) is 6.67. The molecule has 4 rings (SSSR count). The zero-order valence-electron chi connectivity index (χ0n) is 15.6. The molecule has 0 amide bonds. The molecule has 28 heavy (non-hydrogen) atoms. The van der Waals surface area contributed by atoms with Gasteiger partial charge in [0.05, 0.1) is 16.9 Å². The Hall–Kier alpha value is -1.89. The quantitative estimate of drug-likeness (QED) is 0.608. The minimum atomic E-state index is -4.36. The van der Waals surface area contributed by atoms with Crippen molar-refractivity contribution in [1.82, 2.24) is 4.98 Å². The molecule has 1 saturated carbocycles. The number of halogens is 3. The van der Waals surface area contributed by atoms with Crippen LogP contribution in [0.5, 0.6) is 0 Å². The molecular weight excluding hydrogens is 383 g/mol. The SMILES string of the molecule is FC(F)(F)c1ccc(N2CCC3CCCCC3C2)c(NSc2cccnc2)c1.